The van der Waals surface area contributed by atoms with Crippen LogP contribution in [0, 0.1) is 10.1 Å². The van der Waals surface area contributed by atoms with E-state index in [2.05, 4.69) is 15.3 Å². The average Bonchev–Trinajstić information content (AvgIpc) is 3.36. The summed E-state index contributed by atoms with van der Waals surface area (Å²) in [5.74, 6) is 0.276. The number of carbonyl (C=O) groups is 1. The molecule has 1 amide bonds. The highest BCUT2D eigenvalue weighted by Gasteiger charge is 2.23. The number of hydrogen-bond donors (Lipinski definition) is 2. The lowest BCUT2D eigenvalue weighted by atomic mass is 10.2. The van der Waals surface area contributed by atoms with Crippen LogP contribution in [0.2, 0.25) is 0 Å². The summed E-state index contributed by atoms with van der Waals surface area (Å²) in [6, 6.07) is 7.86. The number of hydrogen-bond acceptors (Lipinski definition) is 6. The number of nitro benzene ring substituents is 1. The van der Waals surface area contributed by atoms with Crippen molar-refractivity contribution in [2.24, 2.45) is 0 Å². The van der Waals surface area contributed by atoms with E-state index < -0.39 is 4.92 Å². The Balaban J connectivity index is 1.65. The standard InChI is InChI=1S/C16H16N4O4S/c21-14(17-11-4-5-11)7-12-8-15(22)19-16(18-12)25-9-10-2-1-3-13(6-10)20(23)24/h1-3,6,8,11H,4-5,7,9H2,(H,17,21)(H,18,19,22). The fourth-order valence-electron chi connectivity index (χ4n) is 2.22. The maximum atomic E-state index is 11.8. The zero-order chi connectivity index (χ0) is 17.8. The summed E-state index contributed by atoms with van der Waals surface area (Å²) >= 11 is 1.25. The van der Waals surface area contributed by atoms with Gasteiger partial charge < -0.3 is 10.3 Å². The minimum absolute atomic E-state index is 0.0186. The van der Waals surface area contributed by atoms with Crippen LogP contribution in [-0.4, -0.2) is 26.8 Å². The SMILES string of the molecule is O=C(Cc1cc(=O)[nH]c(SCc2cccc([N+](=O)[O-])c2)n1)NC1CC1. The van der Waals surface area contributed by atoms with Gasteiger partial charge >= 0.3 is 0 Å². The van der Waals surface area contributed by atoms with Crippen molar-refractivity contribution >= 4 is 23.4 Å². The Morgan fingerprint density at radius 3 is 2.92 bits per heavy atom. The molecule has 1 heterocycles. The molecule has 3 rings (SSSR count). The quantitative estimate of drug-likeness (QED) is 0.336. The lowest BCUT2D eigenvalue weighted by Crippen LogP contribution is -2.28. The third kappa shape index (κ3) is 5.15. The van der Waals surface area contributed by atoms with Crippen LogP contribution in [0.5, 0.6) is 0 Å². The number of nitrogens with zero attached hydrogens (tertiary/aromatic N) is 2. The van der Waals surface area contributed by atoms with Gasteiger partial charge in [-0.15, -0.1) is 0 Å². The second-order valence-corrected chi connectivity index (χ2v) is 6.74. The molecule has 1 aromatic heterocycles. The molecule has 1 saturated carbocycles. The summed E-state index contributed by atoms with van der Waals surface area (Å²) < 4.78 is 0. The predicted molar refractivity (Wildman–Crippen MR) is 92.4 cm³/mol. The van der Waals surface area contributed by atoms with Gasteiger partial charge in [-0.3, -0.25) is 19.7 Å². The molecule has 0 aliphatic heterocycles. The fourth-order valence-corrected chi connectivity index (χ4v) is 3.06. The molecule has 25 heavy (non-hydrogen) atoms. The Morgan fingerprint density at radius 1 is 1.40 bits per heavy atom. The minimum atomic E-state index is -0.451. The van der Waals surface area contributed by atoms with Crippen LogP contribution >= 0.6 is 11.8 Å². The molecular formula is C16H16N4O4S. The van der Waals surface area contributed by atoms with Crippen LogP contribution < -0.4 is 10.9 Å². The first kappa shape index (κ1) is 17.2. The van der Waals surface area contributed by atoms with E-state index in [4.69, 9.17) is 0 Å². The Kier molecular flexibility index (Phi) is 5.13. The summed E-state index contributed by atoms with van der Waals surface area (Å²) in [6.45, 7) is 0. The maximum absolute atomic E-state index is 11.8. The molecule has 0 bridgehead atoms. The number of nitro groups is 1. The van der Waals surface area contributed by atoms with Gasteiger partial charge in [-0.05, 0) is 18.4 Å². The molecule has 1 fully saturated rings. The molecular weight excluding hydrogens is 344 g/mol. The minimum Gasteiger partial charge on any atom is -0.353 e. The normalized spacial score (nSPS) is 13.4. The van der Waals surface area contributed by atoms with E-state index in [9.17, 15) is 19.7 Å². The molecule has 1 aromatic carbocycles. The first-order valence-corrected chi connectivity index (χ1v) is 8.74. The van der Waals surface area contributed by atoms with Crippen molar-refractivity contribution in [1.82, 2.24) is 15.3 Å². The van der Waals surface area contributed by atoms with Gasteiger partial charge in [0.15, 0.2) is 5.16 Å². The second kappa shape index (κ2) is 7.47. The highest BCUT2D eigenvalue weighted by atomic mass is 32.2. The van der Waals surface area contributed by atoms with Crippen molar-refractivity contribution in [1.29, 1.82) is 0 Å². The first-order valence-electron chi connectivity index (χ1n) is 7.75. The molecule has 9 heteroatoms. The van der Waals surface area contributed by atoms with E-state index >= 15 is 0 Å². The van der Waals surface area contributed by atoms with Gasteiger partial charge in [-0.25, -0.2) is 4.98 Å². The van der Waals surface area contributed by atoms with Crippen LogP contribution in [0.15, 0.2) is 40.3 Å². The van der Waals surface area contributed by atoms with Gasteiger partial charge in [0, 0.05) is 30.0 Å². The number of carbonyl (C=O) groups excluding carboxylic acids is 1. The van der Waals surface area contributed by atoms with Crippen molar-refractivity contribution in [3.63, 3.8) is 0 Å². The van der Waals surface area contributed by atoms with Crippen molar-refractivity contribution in [3.8, 4) is 0 Å². The van der Waals surface area contributed by atoms with E-state index in [1.54, 1.807) is 12.1 Å². The number of rotatable bonds is 7. The maximum Gasteiger partial charge on any atom is 0.269 e. The van der Waals surface area contributed by atoms with Crippen LogP contribution in [0.1, 0.15) is 24.1 Å². The third-order valence-electron chi connectivity index (χ3n) is 3.55. The van der Waals surface area contributed by atoms with Crippen molar-refractivity contribution in [3.05, 3.63) is 62.1 Å². The second-order valence-electron chi connectivity index (χ2n) is 5.78. The van der Waals surface area contributed by atoms with Crippen LogP contribution in [-0.2, 0) is 17.0 Å². The van der Waals surface area contributed by atoms with Gasteiger partial charge in [0.25, 0.3) is 11.2 Å². The Bertz CT molecular complexity index is 863. The molecule has 2 N–H and O–H groups in total. The molecule has 0 spiro atoms. The molecule has 130 valence electrons. The Morgan fingerprint density at radius 2 is 2.20 bits per heavy atom. The molecule has 1 aliphatic carbocycles. The molecule has 8 nitrogen and oxygen atoms in total. The Hall–Kier alpha value is -2.68. The average molecular weight is 360 g/mol. The topological polar surface area (TPSA) is 118 Å². The smallest absolute Gasteiger partial charge is 0.269 e. The summed E-state index contributed by atoms with van der Waals surface area (Å²) in [7, 11) is 0. The number of aromatic nitrogens is 2. The van der Waals surface area contributed by atoms with Gasteiger partial charge in [-0.2, -0.15) is 0 Å². The number of non-ortho nitro benzene ring substituents is 1. The lowest BCUT2D eigenvalue weighted by molar-refractivity contribution is -0.384. The number of nitrogens with one attached hydrogen (secondary N) is 2. The monoisotopic (exact) mass is 360 g/mol. The molecule has 0 atom stereocenters. The van der Waals surface area contributed by atoms with E-state index in [1.165, 1.54) is 30.0 Å². The fraction of sp³-hybridized carbons (Fsp3) is 0.312. The summed E-state index contributed by atoms with van der Waals surface area (Å²) in [5, 5.41) is 14.0. The van der Waals surface area contributed by atoms with E-state index in [-0.39, 0.29) is 29.6 Å². The predicted octanol–water partition coefficient (Wildman–Crippen LogP) is 1.79. The number of H-pyrrole nitrogens is 1. The van der Waals surface area contributed by atoms with E-state index in [0.717, 1.165) is 18.4 Å². The number of thioether (sulfide) groups is 1. The highest BCUT2D eigenvalue weighted by molar-refractivity contribution is 7.98. The molecule has 0 radical (unpaired) electrons. The largest absolute Gasteiger partial charge is 0.353 e. The van der Waals surface area contributed by atoms with Gasteiger partial charge in [0.1, 0.15) is 0 Å². The van der Waals surface area contributed by atoms with Crippen LogP contribution in [0.4, 0.5) is 5.69 Å². The lowest BCUT2D eigenvalue weighted by Gasteiger charge is -2.05. The van der Waals surface area contributed by atoms with Gasteiger partial charge in [-0.1, -0.05) is 23.9 Å². The van der Waals surface area contributed by atoms with E-state index in [0.29, 0.717) is 16.6 Å². The zero-order valence-electron chi connectivity index (χ0n) is 13.2. The van der Waals surface area contributed by atoms with Gasteiger partial charge in [0.2, 0.25) is 5.91 Å². The number of benzene rings is 1. The van der Waals surface area contributed by atoms with Crippen LogP contribution in [0.25, 0.3) is 0 Å². The van der Waals surface area contributed by atoms with Crippen molar-refractivity contribution in [2.45, 2.75) is 36.2 Å². The zero-order valence-corrected chi connectivity index (χ0v) is 14.0. The summed E-state index contributed by atoms with van der Waals surface area (Å²) in [5.41, 5.74) is 0.845. The molecule has 0 saturated heterocycles. The molecule has 1 aliphatic rings. The highest BCUT2D eigenvalue weighted by Crippen LogP contribution is 2.22. The third-order valence-corrected chi connectivity index (χ3v) is 4.50. The van der Waals surface area contributed by atoms with Crippen molar-refractivity contribution in [2.75, 3.05) is 0 Å². The first-order chi connectivity index (χ1) is 12.0. The summed E-state index contributed by atoms with van der Waals surface area (Å²) in [4.78, 5) is 40.8. The van der Waals surface area contributed by atoms with Crippen LogP contribution in [0.3, 0.4) is 0 Å². The molecule has 2 aromatic rings. The Labute approximate surface area is 147 Å². The van der Waals surface area contributed by atoms with E-state index in [1.807, 2.05) is 0 Å². The summed E-state index contributed by atoms with van der Waals surface area (Å²) in [6.07, 6.45) is 2.06. The number of aromatic amines is 1. The van der Waals surface area contributed by atoms with Gasteiger partial charge in [0.05, 0.1) is 17.0 Å². The molecule has 0 unspecified atom stereocenters. The number of amides is 1. The van der Waals surface area contributed by atoms with Crippen molar-refractivity contribution < 1.29 is 9.72 Å².